The number of halogens is 2. The molecule has 3 aromatic rings. The number of carbonyl (C=O) groups excluding carboxylic acids is 1. The van der Waals surface area contributed by atoms with Crippen molar-refractivity contribution < 1.29 is 13.9 Å². The van der Waals surface area contributed by atoms with E-state index in [0.717, 1.165) is 5.75 Å². The maximum Gasteiger partial charge on any atom is 0.255 e. The Morgan fingerprint density at radius 1 is 1.11 bits per heavy atom. The van der Waals surface area contributed by atoms with Crippen molar-refractivity contribution in [3.8, 4) is 5.75 Å². The van der Waals surface area contributed by atoms with Gasteiger partial charge < -0.3 is 15.4 Å². The van der Waals surface area contributed by atoms with E-state index in [1.807, 2.05) is 6.92 Å². The molecule has 0 spiro atoms. The Morgan fingerprint density at radius 3 is 2.56 bits per heavy atom. The highest BCUT2D eigenvalue weighted by Gasteiger charge is 2.09. The van der Waals surface area contributed by atoms with Crippen LogP contribution >= 0.6 is 11.6 Å². The zero-order valence-electron chi connectivity index (χ0n) is 14.5. The van der Waals surface area contributed by atoms with E-state index < -0.39 is 5.82 Å². The number of rotatable bonds is 6. The Hall–Kier alpha value is -3.12. The van der Waals surface area contributed by atoms with Crippen LogP contribution in [0.15, 0.2) is 60.8 Å². The molecule has 27 heavy (non-hydrogen) atoms. The number of aromatic nitrogens is 1. The number of nitrogens with one attached hydrogen (secondary N) is 2. The molecule has 0 unspecified atom stereocenters. The van der Waals surface area contributed by atoms with Crippen LogP contribution < -0.4 is 15.4 Å². The minimum atomic E-state index is -0.501. The second kappa shape index (κ2) is 8.51. The predicted molar refractivity (Wildman–Crippen MR) is 104 cm³/mol. The van der Waals surface area contributed by atoms with Gasteiger partial charge in [0.25, 0.3) is 5.91 Å². The number of ether oxygens (including phenoxy) is 1. The molecule has 0 saturated heterocycles. The molecular formula is C20H17ClFN3O2. The van der Waals surface area contributed by atoms with Crippen molar-refractivity contribution in [3.63, 3.8) is 0 Å². The lowest BCUT2D eigenvalue weighted by atomic mass is 10.2. The predicted octanol–water partition coefficient (Wildman–Crippen LogP) is 5.27. The van der Waals surface area contributed by atoms with E-state index in [-0.39, 0.29) is 10.9 Å². The molecule has 138 valence electrons. The zero-order chi connectivity index (χ0) is 19.2. The summed E-state index contributed by atoms with van der Waals surface area (Å²) in [5, 5.41) is 5.81. The molecule has 0 saturated carbocycles. The molecule has 0 radical (unpaired) electrons. The van der Waals surface area contributed by atoms with E-state index in [1.54, 1.807) is 36.4 Å². The second-order valence-corrected chi connectivity index (χ2v) is 6.00. The summed E-state index contributed by atoms with van der Waals surface area (Å²) in [6.45, 7) is 2.49. The minimum Gasteiger partial charge on any atom is -0.494 e. The molecule has 1 amide bonds. The van der Waals surface area contributed by atoms with Gasteiger partial charge in [-0.3, -0.25) is 4.79 Å². The van der Waals surface area contributed by atoms with Gasteiger partial charge in [0.15, 0.2) is 0 Å². The Morgan fingerprint density at radius 2 is 1.85 bits per heavy atom. The van der Waals surface area contributed by atoms with Crippen LogP contribution in [0.2, 0.25) is 5.02 Å². The van der Waals surface area contributed by atoms with E-state index in [1.165, 1.54) is 24.4 Å². The molecular weight excluding hydrogens is 369 g/mol. The number of benzene rings is 2. The number of carbonyl (C=O) groups is 1. The van der Waals surface area contributed by atoms with Gasteiger partial charge in [-0.1, -0.05) is 11.6 Å². The SMILES string of the molecule is CCOc1ccc(NC(=O)c2ccnc(Nc3ccc(F)c(Cl)c3)c2)cc1. The smallest absolute Gasteiger partial charge is 0.255 e. The van der Waals surface area contributed by atoms with Crippen LogP contribution in [0.3, 0.4) is 0 Å². The summed E-state index contributed by atoms with van der Waals surface area (Å²) in [5.74, 6) is 0.404. The normalized spacial score (nSPS) is 10.3. The van der Waals surface area contributed by atoms with Gasteiger partial charge in [0.05, 0.1) is 11.6 Å². The van der Waals surface area contributed by atoms with Crippen molar-refractivity contribution in [2.75, 3.05) is 17.2 Å². The van der Waals surface area contributed by atoms with Gasteiger partial charge in [0.1, 0.15) is 17.4 Å². The highest BCUT2D eigenvalue weighted by Crippen LogP contribution is 2.22. The molecule has 0 aliphatic heterocycles. The first-order valence-electron chi connectivity index (χ1n) is 8.27. The van der Waals surface area contributed by atoms with E-state index >= 15 is 0 Å². The van der Waals surface area contributed by atoms with Crippen LogP contribution in [0.25, 0.3) is 0 Å². The number of amides is 1. The quantitative estimate of drug-likeness (QED) is 0.606. The van der Waals surface area contributed by atoms with Crippen LogP contribution in [0.5, 0.6) is 5.75 Å². The monoisotopic (exact) mass is 385 g/mol. The standard InChI is InChI=1S/C20H17ClFN3O2/c1-2-27-16-6-3-14(4-7-16)25-20(26)13-9-10-23-19(11-13)24-15-5-8-18(22)17(21)12-15/h3-12H,2H2,1H3,(H,23,24)(H,25,26). The first-order chi connectivity index (χ1) is 13.0. The molecule has 1 heterocycles. The molecule has 0 aliphatic rings. The summed E-state index contributed by atoms with van der Waals surface area (Å²) in [7, 11) is 0. The van der Waals surface area contributed by atoms with Gasteiger partial charge in [-0.05, 0) is 61.5 Å². The van der Waals surface area contributed by atoms with E-state index in [9.17, 15) is 9.18 Å². The lowest BCUT2D eigenvalue weighted by Gasteiger charge is -2.09. The van der Waals surface area contributed by atoms with Gasteiger partial charge in [-0.2, -0.15) is 0 Å². The highest BCUT2D eigenvalue weighted by molar-refractivity contribution is 6.31. The number of anilines is 3. The summed E-state index contributed by atoms with van der Waals surface area (Å²) < 4.78 is 18.6. The summed E-state index contributed by atoms with van der Waals surface area (Å²) in [4.78, 5) is 16.6. The summed E-state index contributed by atoms with van der Waals surface area (Å²) >= 11 is 5.77. The number of hydrogen-bond acceptors (Lipinski definition) is 4. The fourth-order valence-electron chi connectivity index (χ4n) is 2.37. The van der Waals surface area contributed by atoms with Crippen LogP contribution in [-0.2, 0) is 0 Å². The Balaban J connectivity index is 1.70. The van der Waals surface area contributed by atoms with Gasteiger partial charge in [-0.25, -0.2) is 9.37 Å². The van der Waals surface area contributed by atoms with Gasteiger partial charge in [0, 0.05) is 23.1 Å². The molecule has 2 aromatic carbocycles. The molecule has 0 fully saturated rings. The lowest BCUT2D eigenvalue weighted by molar-refractivity contribution is 0.102. The topological polar surface area (TPSA) is 63.2 Å². The van der Waals surface area contributed by atoms with Crippen molar-refractivity contribution in [2.45, 2.75) is 6.92 Å². The van der Waals surface area contributed by atoms with Crippen LogP contribution in [0, 0.1) is 5.82 Å². The number of pyridine rings is 1. The Labute approximate surface area is 161 Å². The van der Waals surface area contributed by atoms with Crippen molar-refractivity contribution in [2.24, 2.45) is 0 Å². The van der Waals surface area contributed by atoms with Crippen molar-refractivity contribution >= 4 is 34.7 Å². The summed E-state index contributed by atoms with van der Waals surface area (Å²) in [5.41, 5.74) is 1.65. The first-order valence-corrected chi connectivity index (χ1v) is 8.65. The third-order valence-electron chi connectivity index (χ3n) is 3.64. The molecule has 7 heteroatoms. The number of hydrogen-bond donors (Lipinski definition) is 2. The van der Waals surface area contributed by atoms with Crippen molar-refractivity contribution in [1.29, 1.82) is 0 Å². The molecule has 5 nitrogen and oxygen atoms in total. The maximum atomic E-state index is 13.2. The largest absolute Gasteiger partial charge is 0.494 e. The third kappa shape index (κ3) is 4.95. The van der Waals surface area contributed by atoms with Crippen molar-refractivity contribution in [1.82, 2.24) is 4.98 Å². The maximum absolute atomic E-state index is 13.2. The first kappa shape index (κ1) is 18.7. The molecule has 3 rings (SSSR count). The van der Waals surface area contributed by atoms with E-state index in [0.29, 0.717) is 29.4 Å². The zero-order valence-corrected chi connectivity index (χ0v) is 15.3. The molecule has 1 aromatic heterocycles. The molecule has 0 bridgehead atoms. The van der Waals surface area contributed by atoms with E-state index in [2.05, 4.69) is 15.6 Å². The van der Waals surface area contributed by atoms with Gasteiger partial charge in [-0.15, -0.1) is 0 Å². The van der Waals surface area contributed by atoms with Gasteiger partial charge in [0.2, 0.25) is 0 Å². The third-order valence-corrected chi connectivity index (χ3v) is 3.93. The van der Waals surface area contributed by atoms with Crippen LogP contribution in [-0.4, -0.2) is 17.5 Å². The summed E-state index contributed by atoms with van der Waals surface area (Å²) in [6, 6.07) is 14.6. The fourth-order valence-corrected chi connectivity index (χ4v) is 2.55. The minimum absolute atomic E-state index is 0.00407. The van der Waals surface area contributed by atoms with Crippen molar-refractivity contribution in [3.05, 3.63) is 77.2 Å². The average molecular weight is 386 g/mol. The molecule has 0 aliphatic carbocycles. The van der Waals surface area contributed by atoms with Crippen LogP contribution in [0.1, 0.15) is 17.3 Å². The Kier molecular flexibility index (Phi) is 5.88. The second-order valence-electron chi connectivity index (χ2n) is 5.60. The lowest BCUT2D eigenvalue weighted by Crippen LogP contribution is -2.12. The van der Waals surface area contributed by atoms with E-state index in [4.69, 9.17) is 16.3 Å². The van der Waals surface area contributed by atoms with Crippen LogP contribution in [0.4, 0.5) is 21.6 Å². The average Bonchev–Trinajstić information content (AvgIpc) is 2.67. The molecule has 0 atom stereocenters. The summed E-state index contributed by atoms with van der Waals surface area (Å²) in [6.07, 6.45) is 1.51. The van der Waals surface area contributed by atoms with Gasteiger partial charge >= 0.3 is 0 Å². The highest BCUT2D eigenvalue weighted by atomic mass is 35.5. The fraction of sp³-hybridized carbons (Fsp3) is 0.100. The number of nitrogens with zero attached hydrogens (tertiary/aromatic N) is 1. The Bertz CT molecular complexity index is 948. The molecule has 2 N–H and O–H groups in total.